The molecule has 1 rings (SSSR count). The predicted octanol–water partition coefficient (Wildman–Crippen LogP) is 2.98. The molecule has 5 heteroatoms. The number of amides is 1. The molecule has 0 aliphatic rings. The van der Waals surface area contributed by atoms with Crippen LogP contribution in [0.4, 0.5) is 0 Å². The topological polar surface area (TPSA) is 38.3 Å². The summed E-state index contributed by atoms with van der Waals surface area (Å²) in [5.74, 6) is -0.0493. The molecule has 0 aliphatic heterocycles. The van der Waals surface area contributed by atoms with E-state index < -0.39 is 0 Å². The number of carbonyl (C=O) groups is 1. The fraction of sp³-hybridized carbons (Fsp3) is 0.417. The van der Waals surface area contributed by atoms with E-state index in [2.05, 4.69) is 37.2 Å². The summed E-state index contributed by atoms with van der Waals surface area (Å²) >= 11 is 6.62. The Labute approximate surface area is 118 Å². The molecule has 1 aromatic carbocycles. The van der Waals surface area contributed by atoms with Crippen LogP contribution < -0.4 is 5.32 Å². The van der Waals surface area contributed by atoms with Crippen LogP contribution in [0.5, 0.6) is 0 Å². The van der Waals surface area contributed by atoms with Crippen molar-refractivity contribution in [2.75, 3.05) is 25.1 Å². The van der Waals surface area contributed by atoms with Gasteiger partial charge in [-0.25, -0.2) is 0 Å². The van der Waals surface area contributed by atoms with Crippen molar-refractivity contribution < 1.29 is 9.53 Å². The van der Waals surface area contributed by atoms with Crippen LogP contribution in [0.15, 0.2) is 28.7 Å². The highest BCUT2D eigenvalue weighted by Crippen LogP contribution is 2.11. The molecule has 17 heavy (non-hydrogen) atoms. The molecular formula is C12H15Br2NO2. The zero-order valence-electron chi connectivity index (χ0n) is 9.42. The van der Waals surface area contributed by atoms with Gasteiger partial charge in [0.1, 0.15) is 0 Å². The van der Waals surface area contributed by atoms with Gasteiger partial charge in [0.25, 0.3) is 5.91 Å². The zero-order valence-corrected chi connectivity index (χ0v) is 12.6. The Balaban J connectivity index is 2.21. The summed E-state index contributed by atoms with van der Waals surface area (Å²) in [5, 5.41) is 3.70. The minimum Gasteiger partial charge on any atom is -0.381 e. The summed E-state index contributed by atoms with van der Waals surface area (Å²) in [4.78, 5) is 11.7. The Morgan fingerprint density at radius 2 is 2.18 bits per heavy atom. The van der Waals surface area contributed by atoms with Crippen molar-refractivity contribution in [2.24, 2.45) is 0 Å². The van der Waals surface area contributed by atoms with Crippen LogP contribution in [0, 0.1) is 0 Å². The van der Waals surface area contributed by atoms with Gasteiger partial charge in [-0.15, -0.1) is 0 Å². The first-order chi connectivity index (χ1) is 8.24. The second kappa shape index (κ2) is 8.66. The Kier molecular flexibility index (Phi) is 7.48. The summed E-state index contributed by atoms with van der Waals surface area (Å²) in [6.07, 6.45) is 0.826. The third-order valence-corrected chi connectivity index (χ3v) is 2.88. The second-order valence-corrected chi connectivity index (χ2v) is 5.13. The number of benzene rings is 1. The van der Waals surface area contributed by atoms with E-state index in [0.29, 0.717) is 25.3 Å². The number of nitrogens with one attached hydrogen (secondary N) is 1. The van der Waals surface area contributed by atoms with Crippen LogP contribution in [0.3, 0.4) is 0 Å². The first-order valence-corrected chi connectivity index (χ1v) is 7.33. The predicted molar refractivity (Wildman–Crippen MR) is 75.7 cm³/mol. The van der Waals surface area contributed by atoms with E-state index in [-0.39, 0.29) is 5.91 Å². The number of ether oxygens (including phenoxy) is 1. The van der Waals surface area contributed by atoms with Gasteiger partial charge in [-0.2, -0.15) is 0 Å². The third kappa shape index (κ3) is 6.19. The Hall–Kier alpha value is -0.390. The number of halogens is 2. The second-order valence-electron chi connectivity index (χ2n) is 3.42. The zero-order chi connectivity index (χ0) is 12.5. The Bertz CT molecular complexity index is 358. The Morgan fingerprint density at radius 1 is 1.35 bits per heavy atom. The van der Waals surface area contributed by atoms with E-state index >= 15 is 0 Å². The fourth-order valence-electron chi connectivity index (χ4n) is 1.26. The van der Waals surface area contributed by atoms with Crippen LogP contribution in [-0.2, 0) is 4.74 Å². The molecule has 0 saturated heterocycles. The molecule has 0 aliphatic carbocycles. The van der Waals surface area contributed by atoms with Crippen LogP contribution in [0.1, 0.15) is 16.8 Å². The number of hydrogen-bond acceptors (Lipinski definition) is 2. The molecule has 1 N–H and O–H groups in total. The molecule has 0 aromatic heterocycles. The van der Waals surface area contributed by atoms with Gasteiger partial charge in [0.15, 0.2) is 0 Å². The van der Waals surface area contributed by atoms with Crippen molar-refractivity contribution in [1.29, 1.82) is 0 Å². The summed E-state index contributed by atoms with van der Waals surface area (Å²) in [6, 6.07) is 7.33. The molecule has 94 valence electrons. The average Bonchev–Trinajstić information content (AvgIpc) is 2.33. The third-order valence-electron chi connectivity index (χ3n) is 2.06. The largest absolute Gasteiger partial charge is 0.381 e. The van der Waals surface area contributed by atoms with Crippen LogP contribution >= 0.6 is 31.9 Å². The molecular weight excluding hydrogens is 350 g/mol. The van der Waals surface area contributed by atoms with Gasteiger partial charge in [-0.3, -0.25) is 4.79 Å². The molecule has 0 atom stereocenters. The SMILES string of the molecule is O=C(NCCCOCCBr)c1cccc(Br)c1. The number of alkyl halides is 1. The smallest absolute Gasteiger partial charge is 0.251 e. The maximum atomic E-state index is 11.7. The number of hydrogen-bond donors (Lipinski definition) is 1. The highest BCUT2D eigenvalue weighted by Gasteiger charge is 2.04. The fourth-order valence-corrected chi connectivity index (χ4v) is 1.89. The van der Waals surface area contributed by atoms with Gasteiger partial charge in [-0.05, 0) is 24.6 Å². The molecule has 0 heterocycles. The van der Waals surface area contributed by atoms with Crippen LogP contribution in [0.2, 0.25) is 0 Å². The van der Waals surface area contributed by atoms with Gasteiger partial charge < -0.3 is 10.1 Å². The minimum absolute atomic E-state index is 0.0493. The van der Waals surface area contributed by atoms with Gasteiger partial charge in [-0.1, -0.05) is 37.9 Å². The van der Waals surface area contributed by atoms with E-state index in [0.717, 1.165) is 16.2 Å². The molecule has 1 amide bonds. The average molecular weight is 365 g/mol. The highest BCUT2D eigenvalue weighted by atomic mass is 79.9. The minimum atomic E-state index is -0.0493. The van der Waals surface area contributed by atoms with Crippen molar-refractivity contribution in [3.63, 3.8) is 0 Å². The van der Waals surface area contributed by atoms with Crippen molar-refractivity contribution in [3.05, 3.63) is 34.3 Å². The molecule has 0 fully saturated rings. The lowest BCUT2D eigenvalue weighted by Gasteiger charge is -2.05. The van der Waals surface area contributed by atoms with Gasteiger partial charge >= 0.3 is 0 Å². The summed E-state index contributed by atoms with van der Waals surface area (Å²) in [5.41, 5.74) is 0.667. The van der Waals surface area contributed by atoms with E-state index in [1.807, 2.05) is 12.1 Å². The van der Waals surface area contributed by atoms with Gasteiger partial charge in [0, 0.05) is 28.5 Å². The maximum Gasteiger partial charge on any atom is 0.251 e. The van der Waals surface area contributed by atoms with E-state index in [4.69, 9.17) is 4.74 Å². The summed E-state index contributed by atoms with van der Waals surface area (Å²) < 4.78 is 6.19. The standard InChI is InChI=1S/C12H15Br2NO2/c13-5-8-17-7-2-6-15-12(16)10-3-1-4-11(14)9-10/h1,3-4,9H,2,5-8H2,(H,15,16). The van der Waals surface area contributed by atoms with E-state index in [9.17, 15) is 4.79 Å². The summed E-state index contributed by atoms with van der Waals surface area (Å²) in [7, 11) is 0. The van der Waals surface area contributed by atoms with Crippen LogP contribution in [0.25, 0.3) is 0 Å². The molecule has 0 radical (unpaired) electrons. The first-order valence-electron chi connectivity index (χ1n) is 5.41. The number of carbonyl (C=O) groups excluding carboxylic acids is 1. The van der Waals surface area contributed by atoms with Crippen molar-refractivity contribution in [2.45, 2.75) is 6.42 Å². The lowest BCUT2D eigenvalue weighted by molar-refractivity contribution is 0.0944. The number of rotatable bonds is 7. The van der Waals surface area contributed by atoms with Gasteiger partial charge in [0.2, 0.25) is 0 Å². The van der Waals surface area contributed by atoms with Crippen molar-refractivity contribution in [1.82, 2.24) is 5.32 Å². The Morgan fingerprint density at radius 3 is 2.88 bits per heavy atom. The van der Waals surface area contributed by atoms with Gasteiger partial charge in [0.05, 0.1) is 6.61 Å². The molecule has 3 nitrogen and oxygen atoms in total. The highest BCUT2D eigenvalue weighted by molar-refractivity contribution is 9.10. The molecule has 0 spiro atoms. The van der Waals surface area contributed by atoms with E-state index in [1.165, 1.54) is 0 Å². The molecule has 0 saturated carbocycles. The monoisotopic (exact) mass is 363 g/mol. The first kappa shape index (κ1) is 14.7. The quantitative estimate of drug-likeness (QED) is 0.596. The van der Waals surface area contributed by atoms with Crippen molar-refractivity contribution >= 4 is 37.8 Å². The molecule has 1 aromatic rings. The molecule has 0 unspecified atom stereocenters. The van der Waals surface area contributed by atoms with E-state index in [1.54, 1.807) is 12.1 Å². The normalized spacial score (nSPS) is 10.2. The maximum absolute atomic E-state index is 11.7. The van der Waals surface area contributed by atoms with Crippen LogP contribution in [-0.4, -0.2) is 31.0 Å². The molecule has 0 bridgehead atoms. The summed E-state index contributed by atoms with van der Waals surface area (Å²) in [6.45, 7) is 2.01. The lowest BCUT2D eigenvalue weighted by atomic mass is 10.2. The lowest BCUT2D eigenvalue weighted by Crippen LogP contribution is -2.25. The van der Waals surface area contributed by atoms with Crippen molar-refractivity contribution in [3.8, 4) is 0 Å².